The van der Waals surface area contributed by atoms with E-state index in [-0.39, 0.29) is 5.78 Å². The van der Waals surface area contributed by atoms with Crippen molar-refractivity contribution < 1.29 is 4.79 Å². The summed E-state index contributed by atoms with van der Waals surface area (Å²) < 4.78 is 0. The minimum Gasteiger partial charge on any atom is -0.288 e. The molecule has 0 N–H and O–H groups in total. The van der Waals surface area contributed by atoms with Gasteiger partial charge in [-0.1, -0.05) is 23.3 Å². The first-order valence-corrected chi connectivity index (χ1v) is 8.13. The monoisotopic (exact) mass is 344 g/mol. The van der Waals surface area contributed by atoms with Crippen molar-refractivity contribution in [3.05, 3.63) is 83.4 Å². The second-order valence-corrected chi connectivity index (χ2v) is 6.01. The molecule has 0 radical (unpaired) electrons. The summed E-state index contributed by atoms with van der Waals surface area (Å²) in [7, 11) is 0. The van der Waals surface area contributed by atoms with Gasteiger partial charge in [0, 0.05) is 0 Å². The molecule has 0 spiro atoms. The summed E-state index contributed by atoms with van der Waals surface area (Å²) in [5.41, 5.74) is 4.28. The molecule has 128 valence electrons. The van der Waals surface area contributed by atoms with Crippen LogP contribution in [0.1, 0.15) is 27.0 Å². The Morgan fingerprint density at radius 3 is 1.46 bits per heavy atom. The first-order valence-electron chi connectivity index (χ1n) is 8.13. The summed E-state index contributed by atoms with van der Waals surface area (Å²) in [4.78, 5) is 16.4. The van der Waals surface area contributed by atoms with Crippen molar-refractivity contribution in [2.75, 3.05) is 0 Å². The quantitative estimate of drug-likeness (QED) is 0.532. The zero-order valence-corrected chi connectivity index (χ0v) is 14.4. The molecule has 4 aromatic rings. The zero-order valence-electron chi connectivity index (χ0n) is 14.4. The van der Waals surface area contributed by atoms with E-state index in [1.54, 1.807) is 24.8 Å². The van der Waals surface area contributed by atoms with Gasteiger partial charge in [0.25, 0.3) is 0 Å². The van der Waals surface area contributed by atoms with E-state index in [1.807, 2.05) is 50.2 Å². The lowest BCUT2D eigenvalue weighted by molar-refractivity contribution is 0.103. The van der Waals surface area contributed by atoms with Crippen LogP contribution in [0.15, 0.2) is 61.2 Å². The highest BCUT2D eigenvalue weighted by Crippen LogP contribution is 2.23. The Kier molecular flexibility index (Phi) is 3.89. The molecular weight excluding hydrogens is 328 g/mol. The average molecular weight is 344 g/mol. The maximum Gasteiger partial charge on any atom is 0.197 e. The van der Waals surface area contributed by atoms with E-state index in [2.05, 4.69) is 20.4 Å². The largest absolute Gasteiger partial charge is 0.288 e. The minimum absolute atomic E-state index is 0.128. The summed E-state index contributed by atoms with van der Waals surface area (Å²) in [6, 6.07) is 11.3. The average Bonchev–Trinajstić information content (AvgIpc) is 3.35. The number of aryl methyl sites for hydroxylation is 2. The molecule has 0 bridgehead atoms. The van der Waals surface area contributed by atoms with Gasteiger partial charge in [-0.25, -0.2) is 0 Å². The topological polar surface area (TPSA) is 78.5 Å². The molecule has 0 aliphatic rings. The summed E-state index contributed by atoms with van der Waals surface area (Å²) in [6.45, 7) is 3.90. The Balaban J connectivity index is 1.90. The van der Waals surface area contributed by atoms with Crippen LogP contribution >= 0.6 is 0 Å². The van der Waals surface area contributed by atoms with Gasteiger partial charge in [0.15, 0.2) is 5.78 Å². The smallest absolute Gasteiger partial charge is 0.197 e. The van der Waals surface area contributed by atoms with E-state index in [0.29, 0.717) is 22.5 Å². The van der Waals surface area contributed by atoms with E-state index in [0.717, 1.165) is 11.1 Å². The lowest BCUT2D eigenvalue weighted by Crippen LogP contribution is -2.13. The molecule has 0 fully saturated rings. The van der Waals surface area contributed by atoms with Crippen LogP contribution in [0.3, 0.4) is 0 Å². The number of nitrogens with zero attached hydrogens (tertiary/aromatic N) is 6. The standard InChI is InChI=1S/C19H16N6O/c1-13-3-5-17(24-20-7-8-21-24)15(11-13)19(26)16-12-14(2)4-6-18(16)25-22-9-10-23-25/h3-12H,1-2H3. The van der Waals surface area contributed by atoms with Crippen molar-refractivity contribution in [1.29, 1.82) is 0 Å². The van der Waals surface area contributed by atoms with Crippen molar-refractivity contribution in [3.8, 4) is 11.4 Å². The molecule has 0 saturated carbocycles. The van der Waals surface area contributed by atoms with Gasteiger partial charge in [0.05, 0.1) is 47.3 Å². The Morgan fingerprint density at radius 1 is 0.692 bits per heavy atom. The maximum atomic E-state index is 13.4. The molecule has 7 nitrogen and oxygen atoms in total. The molecule has 4 rings (SSSR count). The van der Waals surface area contributed by atoms with Crippen molar-refractivity contribution >= 4 is 5.78 Å². The first kappa shape index (κ1) is 15.9. The van der Waals surface area contributed by atoms with Crippen LogP contribution in [0, 0.1) is 13.8 Å². The molecule has 2 aromatic heterocycles. The number of rotatable bonds is 4. The van der Waals surface area contributed by atoms with Gasteiger partial charge in [-0.15, -0.1) is 0 Å². The highest BCUT2D eigenvalue weighted by Gasteiger charge is 2.20. The van der Waals surface area contributed by atoms with E-state index < -0.39 is 0 Å². The third-order valence-electron chi connectivity index (χ3n) is 4.06. The molecule has 7 heteroatoms. The predicted molar refractivity (Wildman–Crippen MR) is 95.6 cm³/mol. The number of hydrogen-bond donors (Lipinski definition) is 0. The van der Waals surface area contributed by atoms with Gasteiger partial charge < -0.3 is 0 Å². The van der Waals surface area contributed by atoms with E-state index in [1.165, 1.54) is 9.59 Å². The molecule has 0 saturated heterocycles. The Labute approximate surface area is 149 Å². The van der Waals surface area contributed by atoms with E-state index in [9.17, 15) is 4.79 Å². The Morgan fingerprint density at radius 2 is 1.08 bits per heavy atom. The van der Waals surface area contributed by atoms with Crippen molar-refractivity contribution in [3.63, 3.8) is 0 Å². The first-order chi connectivity index (χ1) is 12.6. The number of ketones is 1. The molecule has 0 amide bonds. The fraction of sp³-hybridized carbons (Fsp3) is 0.105. The van der Waals surface area contributed by atoms with Gasteiger partial charge in [-0.05, 0) is 38.1 Å². The lowest BCUT2D eigenvalue weighted by atomic mass is 9.97. The van der Waals surface area contributed by atoms with Crippen LogP contribution in [0.2, 0.25) is 0 Å². The molecular formula is C19H16N6O. The Bertz CT molecular complexity index is 982. The molecule has 0 atom stereocenters. The SMILES string of the molecule is Cc1ccc(-n2nccn2)c(C(=O)c2cc(C)ccc2-n2nccn2)c1. The summed E-state index contributed by atoms with van der Waals surface area (Å²) in [5.74, 6) is -0.128. The highest BCUT2D eigenvalue weighted by molar-refractivity contribution is 6.13. The normalized spacial score (nSPS) is 10.8. The van der Waals surface area contributed by atoms with Crippen molar-refractivity contribution in [2.24, 2.45) is 0 Å². The minimum atomic E-state index is -0.128. The Hall–Kier alpha value is -3.61. The predicted octanol–water partition coefficient (Wildman–Crippen LogP) is 2.70. The van der Waals surface area contributed by atoms with Crippen LogP contribution in [0.4, 0.5) is 0 Å². The van der Waals surface area contributed by atoms with Crippen LogP contribution in [0.25, 0.3) is 11.4 Å². The number of hydrogen-bond acceptors (Lipinski definition) is 5. The summed E-state index contributed by atoms with van der Waals surface area (Å²) in [6.07, 6.45) is 6.33. The van der Waals surface area contributed by atoms with Crippen molar-refractivity contribution in [1.82, 2.24) is 30.0 Å². The number of aromatic nitrogens is 6. The van der Waals surface area contributed by atoms with Gasteiger partial charge in [0.2, 0.25) is 0 Å². The molecule has 26 heavy (non-hydrogen) atoms. The van der Waals surface area contributed by atoms with E-state index in [4.69, 9.17) is 0 Å². The molecule has 0 aliphatic carbocycles. The number of carbonyl (C=O) groups excluding carboxylic acids is 1. The van der Waals surface area contributed by atoms with E-state index >= 15 is 0 Å². The van der Waals surface area contributed by atoms with Crippen LogP contribution in [-0.2, 0) is 0 Å². The van der Waals surface area contributed by atoms with Crippen LogP contribution in [0.5, 0.6) is 0 Å². The molecule has 0 aliphatic heterocycles. The number of carbonyl (C=O) groups is 1. The van der Waals surface area contributed by atoms with Crippen molar-refractivity contribution in [2.45, 2.75) is 13.8 Å². The number of benzene rings is 2. The second-order valence-electron chi connectivity index (χ2n) is 6.01. The second kappa shape index (κ2) is 6.36. The van der Waals surface area contributed by atoms with Gasteiger partial charge in [-0.3, -0.25) is 4.79 Å². The summed E-state index contributed by atoms with van der Waals surface area (Å²) >= 11 is 0. The third kappa shape index (κ3) is 2.79. The highest BCUT2D eigenvalue weighted by atomic mass is 16.1. The van der Waals surface area contributed by atoms with Gasteiger partial charge in [0.1, 0.15) is 0 Å². The summed E-state index contributed by atoms with van der Waals surface area (Å²) in [5, 5.41) is 16.7. The van der Waals surface area contributed by atoms with Crippen LogP contribution < -0.4 is 0 Å². The zero-order chi connectivity index (χ0) is 18.1. The lowest BCUT2D eigenvalue weighted by Gasteiger charge is -2.12. The molecule has 2 heterocycles. The van der Waals surface area contributed by atoms with Gasteiger partial charge in [-0.2, -0.15) is 30.0 Å². The third-order valence-corrected chi connectivity index (χ3v) is 4.06. The fourth-order valence-corrected chi connectivity index (χ4v) is 2.84. The molecule has 0 unspecified atom stereocenters. The maximum absolute atomic E-state index is 13.4. The molecule has 2 aromatic carbocycles. The fourth-order valence-electron chi connectivity index (χ4n) is 2.84. The van der Waals surface area contributed by atoms with Gasteiger partial charge >= 0.3 is 0 Å². The van der Waals surface area contributed by atoms with Crippen LogP contribution in [-0.4, -0.2) is 35.8 Å².